The lowest BCUT2D eigenvalue weighted by atomic mass is 10.0. The minimum atomic E-state index is -3.86. The van der Waals surface area contributed by atoms with Gasteiger partial charge in [-0.05, 0) is 30.3 Å². The van der Waals surface area contributed by atoms with E-state index in [4.69, 9.17) is 5.14 Å². The van der Waals surface area contributed by atoms with Crippen LogP contribution in [0.5, 0.6) is 0 Å². The van der Waals surface area contributed by atoms with E-state index in [2.05, 4.69) is 9.97 Å². The first kappa shape index (κ1) is 17.1. The number of sulfonamides is 1. The van der Waals surface area contributed by atoms with Crippen molar-refractivity contribution >= 4 is 37.7 Å². The molecule has 0 saturated carbocycles. The average molecular weight is 379 g/mol. The molecule has 2 heterocycles. The number of primary sulfonamides is 1. The van der Waals surface area contributed by atoms with Gasteiger partial charge in [-0.1, -0.05) is 18.2 Å². The largest absolute Gasteiger partial charge is 0.478 e. The SMILES string of the molecule is NS(=O)(=O)c1cccc(-c2nc3cc(C(=O)O)ccc3c3cnccc23)c1. The zero-order chi connectivity index (χ0) is 19.2. The number of benzene rings is 2. The lowest BCUT2D eigenvalue weighted by Crippen LogP contribution is -2.12. The van der Waals surface area contributed by atoms with Crippen LogP contribution >= 0.6 is 0 Å². The van der Waals surface area contributed by atoms with Crippen molar-refractivity contribution in [2.45, 2.75) is 4.90 Å². The number of carbonyl (C=O) groups is 1. The van der Waals surface area contributed by atoms with Crippen LogP contribution in [0.4, 0.5) is 0 Å². The van der Waals surface area contributed by atoms with Crippen molar-refractivity contribution in [1.29, 1.82) is 0 Å². The second kappa shape index (κ2) is 6.11. The molecule has 2 aromatic carbocycles. The van der Waals surface area contributed by atoms with Crippen molar-refractivity contribution in [1.82, 2.24) is 9.97 Å². The molecule has 4 aromatic rings. The van der Waals surface area contributed by atoms with E-state index in [1.165, 1.54) is 24.3 Å². The summed E-state index contributed by atoms with van der Waals surface area (Å²) in [4.78, 5) is 20.0. The molecular weight excluding hydrogens is 366 g/mol. The van der Waals surface area contributed by atoms with Gasteiger partial charge < -0.3 is 5.11 Å². The van der Waals surface area contributed by atoms with E-state index in [1.807, 2.05) is 0 Å². The number of hydrogen-bond acceptors (Lipinski definition) is 5. The Balaban J connectivity index is 2.09. The number of pyridine rings is 2. The molecule has 0 aliphatic carbocycles. The summed E-state index contributed by atoms with van der Waals surface area (Å²) in [6.07, 6.45) is 3.29. The Kier molecular flexibility index (Phi) is 3.87. The quantitative estimate of drug-likeness (QED) is 0.528. The molecule has 2 aromatic heterocycles. The van der Waals surface area contributed by atoms with Gasteiger partial charge in [0.05, 0.1) is 21.7 Å². The summed E-state index contributed by atoms with van der Waals surface area (Å²) in [6.45, 7) is 0. The summed E-state index contributed by atoms with van der Waals surface area (Å²) in [5.74, 6) is -1.05. The van der Waals surface area contributed by atoms with Crippen molar-refractivity contribution in [2.24, 2.45) is 5.14 Å². The molecule has 3 N–H and O–H groups in total. The maximum Gasteiger partial charge on any atom is 0.335 e. The van der Waals surface area contributed by atoms with E-state index in [0.29, 0.717) is 16.8 Å². The molecule has 0 aliphatic rings. The highest BCUT2D eigenvalue weighted by Gasteiger charge is 2.15. The predicted octanol–water partition coefficient (Wildman–Crippen LogP) is 2.80. The Labute approximate surface area is 154 Å². The van der Waals surface area contributed by atoms with Crippen LogP contribution in [0.3, 0.4) is 0 Å². The number of fused-ring (bicyclic) bond motifs is 3. The van der Waals surface area contributed by atoms with Gasteiger partial charge in [0.1, 0.15) is 0 Å². The van der Waals surface area contributed by atoms with Gasteiger partial charge in [0, 0.05) is 34.1 Å². The molecule has 7 nitrogen and oxygen atoms in total. The molecule has 0 unspecified atom stereocenters. The summed E-state index contributed by atoms with van der Waals surface area (Å²) in [7, 11) is -3.86. The first-order chi connectivity index (χ1) is 12.8. The van der Waals surface area contributed by atoms with E-state index in [0.717, 1.165) is 16.2 Å². The van der Waals surface area contributed by atoms with E-state index in [9.17, 15) is 18.3 Å². The number of aromatic nitrogens is 2. The van der Waals surface area contributed by atoms with Crippen LogP contribution in [0.25, 0.3) is 32.9 Å². The molecule has 0 fully saturated rings. The number of nitrogens with two attached hydrogens (primary N) is 1. The molecule has 4 rings (SSSR count). The number of hydrogen-bond donors (Lipinski definition) is 2. The van der Waals surface area contributed by atoms with Gasteiger partial charge in [-0.2, -0.15) is 0 Å². The van der Waals surface area contributed by atoms with Gasteiger partial charge in [-0.3, -0.25) is 4.98 Å². The molecule has 134 valence electrons. The van der Waals surface area contributed by atoms with E-state index in [-0.39, 0.29) is 10.5 Å². The molecule has 0 amide bonds. The minimum Gasteiger partial charge on any atom is -0.478 e. The Morgan fingerprint density at radius 1 is 1.00 bits per heavy atom. The first-order valence-electron chi connectivity index (χ1n) is 7.88. The molecule has 27 heavy (non-hydrogen) atoms. The molecule has 8 heteroatoms. The van der Waals surface area contributed by atoms with Gasteiger partial charge in [0.25, 0.3) is 0 Å². The maximum absolute atomic E-state index is 11.7. The summed E-state index contributed by atoms with van der Waals surface area (Å²) in [5.41, 5.74) is 1.67. The monoisotopic (exact) mass is 379 g/mol. The first-order valence-corrected chi connectivity index (χ1v) is 9.43. The molecule has 0 saturated heterocycles. The normalized spacial score (nSPS) is 11.7. The highest BCUT2D eigenvalue weighted by Crippen LogP contribution is 2.32. The molecule has 0 bridgehead atoms. The molecular formula is C19H13N3O4S. The molecule has 0 radical (unpaired) electrons. The Bertz CT molecular complexity index is 1330. The number of carboxylic acid groups (broad SMARTS) is 1. The fourth-order valence-electron chi connectivity index (χ4n) is 3.02. The summed E-state index contributed by atoms with van der Waals surface area (Å²) in [6, 6.07) is 12.6. The summed E-state index contributed by atoms with van der Waals surface area (Å²) in [5, 5.41) is 16.8. The Morgan fingerprint density at radius 2 is 1.81 bits per heavy atom. The van der Waals surface area contributed by atoms with E-state index < -0.39 is 16.0 Å². The zero-order valence-electron chi connectivity index (χ0n) is 13.8. The Hall–Kier alpha value is -3.36. The zero-order valence-corrected chi connectivity index (χ0v) is 14.6. The van der Waals surface area contributed by atoms with Crippen LogP contribution in [0, 0.1) is 0 Å². The molecule has 0 spiro atoms. The smallest absolute Gasteiger partial charge is 0.335 e. The van der Waals surface area contributed by atoms with Gasteiger partial charge in [-0.25, -0.2) is 23.3 Å². The van der Waals surface area contributed by atoms with Gasteiger partial charge in [-0.15, -0.1) is 0 Å². The van der Waals surface area contributed by atoms with Crippen molar-refractivity contribution in [3.05, 3.63) is 66.5 Å². The number of rotatable bonds is 3. The predicted molar refractivity (Wildman–Crippen MR) is 101 cm³/mol. The second-order valence-corrected chi connectivity index (χ2v) is 7.55. The van der Waals surface area contributed by atoms with Gasteiger partial charge in [0.2, 0.25) is 10.0 Å². The number of carboxylic acids is 1. The second-order valence-electron chi connectivity index (χ2n) is 5.99. The van der Waals surface area contributed by atoms with Crippen molar-refractivity contribution < 1.29 is 18.3 Å². The van der Waals surface area contributed by atoms with Crippen LogP contribution in [-0.2, 0) is 10.0 Å². The van der Waals surface area contributed by atoms with E-state index >= 15 is 0 Å². The van der Waals surface area contributed by atoms with Crippen molar-refractivity contribution in [2.75, 3.05) is 0 Å². The fourth-order valence-corrected chi connectivity index (χ4v) is 3.58. The van der Waals surface area contributed by atoms with Crippen LogP contribution < -0.4 is 5.14 Å². The highest BCUT2D eigenvalue weighted by molar-refractivity contribution is 7.89. The standard InChI is InChI=1S/C19H13N3O4S/c20-27(25,26)13-3-1-2-11(8-13)18-15-6-7-21-10-16(15)14-5-4-12(19(23)24)9-17(14)22-18/h1-10H,(H,23,24)(H2,20,25,26). The maximum atomic E-state index is 11.7. The van der Waals surface area contributed by atoms with Gasteiger partial charge >= 0.3 is 5.97 Å². The molecule has 0 atom stereocenters. The van der Waals surface area contributed by atoms with Crippen molar-refractivity contribution in [3.63, 3.8) is 0 Å². The number of nitrogens with zero attached hydrogens (tertiary/aromatic N) is 2. The van der Waals surface area contributed by atoms with Crippen LogP contribution in [-0.4, -0.2) is 29.5 Å². The fraction of sp³-hybridized carbons (Fsp3) is 0. The third-order valence-electron chi connectivity index (χ3n) is 4.28. The minimum absolute atomic E-state index is 0.0246. The lowest BCUT2D eigenvalue weighted by molar-refractivity contribution is 0.0697. The third-order valence-corrected chi connectivity index (χ3v) is 5.19. The third kappa shape index (κ3) is 3.01. The molecule has 0 aliphatic heterocycles. The average Bonchev–Trinajstić information content (AvgIpc) is 2.66. The summed E-state index contributed by atoms with van der Waals surface area (Å²) >= 11 is 0. The Morgan fingerprint density at radius 3 is 2.56 bits per heavy atom. The van der Waals surface area contributed by atoms with Crippen LogP contribution in [0.15, 0.2) is 65.8 Å². The van der Waals surface area contributed by atoms with E-state index in [1.54, 1.807) is 36.7 Å². The van der Waals surface area contributed by atoms with Crippen molar-refractivity contribution in [3.8, 4) is 11.3 Å². The van der Waals surface area contributed by atoms with Crippen LogP contribution in [0.2, 0.25) is 0 Å². The van der Waals surface area contributed by atoms with Gasteiger partial charge in [0.15, 0.2) is 0 Å². The number of aromatic carboxylic acids is 1. The summed E-state index contributed by atoms with van der Waals surface area (Å²) < 4.78 is 23.4. The van der Waals surface area contributed by atoms with Crippen LogP contribution in [0.1, 0.15) is 10.4 Å². The highest BCUT2D eigenvalue weighted by atomic mass is 32.2. The lowest BCUT2D eigenvalue weighted by Gasteiger charge is -2.11. The topological polar surface area (TPSA) is 123 Å².